The minimum absolute atomic E-state index is 0.735. The Labute approximate surface area is 76.1 Å². The molecule has 70 valence electrons. The second-order valence-electron chi connectivity index (χ2n) is 3.32. The Morgan fingerprint density at radius 3 is 2.50 bits per heavy atom. The largest absolute Gasteiger partial charge is 0.381 e. The van der Waals surface area contributed by atoms with Crippen LogP contribution in [0.3, 0.4) is 0 Å². The fourth-order valence-corrected chi connectivity index (χ4v) is 0.997. The van der Waals surface area contributed by atoms with Crippen LogP contribution in [0.15, 0.2) is 23.8 Å². The van der Waals surface area contributed by atoms with Crippen molar-refractivity contribution in [2.24, 2.45) is 0 Å². The van der Waals surface area contributed by atoms with Gasteiger partial charge < -0.3 is 4.74 Å². The maximum atomic E-state index is 4.95. The van der Waals surface area contributed by atoms with Gasteiger partial charge in [0, 0.05) is 7.11 Å². The summed E-state index contributed by atoms with van der Waals surface area (Å²) in [6.07, 6.45) is 5.65. The molecule has 0 radical (unpaired) electrons. The van der Waals surface area contributed by atoms with E-state index in [9.17, 15) is 0 Å². The first-order chi connectivity index (χ1) is 5.66. The van der Waals surface area contributed by atoms with E-state index in [1.807, 2.05) is 0 Å². The highest BCUT2D eigenvalue weighted by atomic mass is 16.5. The van der Waals surface area contributed by atoms with Gasteiger partial charge in [0.2, 0.25) is 0 Å². The van der Waals surface area contributed by atoms with E-state index in [4.69, 9.17) is 4.74 Å². The van der Waals surface area contributed by atoms with Crippen molar-refractivity contribution in [3.8, 4) is 0 Å². The molecule has 0 atom stereocenters. The maximum Gasteiger partial charge on any atom is 0.0646 e. The van der Waals surface area contributed by atoms with Gasteiger partial charge in [0.05, 0.1) is 6.61 Å². The summed E-state index contributed by atoms with van der Waals surface area (Å²) in [5, 5.41) is 0. The van der Waals surface area contributed by atoms with E-state index in [1.54, 1.807) is 7.11 Å². The molecule has 0 aromatic rings. The third-order valence-electron chi connectivity index (χ3n) is 1.77. The van der Waals surface area contributed by atoms with Crippen molar-refractivity contribution < 1.29 is 4.74 Å². The number of hydrogen-bond donors (Lipinski definition) is 0. The normalized spacial score (nSPS) is 11.8. The number of ether oxygens (including phenoxy) is 1. The lowest BCUT2D eigenvalue weighted by Crippen LogP contribution is -1.86. The first-order valence-corrected chi connectivity index (χ1v) is 4.45. The lowest BCUT2D eigenvalue weighted by molar-refractivity contribution is 0.233. The van der Waals surface area contributed by atoms with Crippen LogP contribution in [0.2, 0.25) is 0 Å². The van der Waals surface area contributed by atoms with Crippen LogP contribution in [0.4, 0.5) is 0 Å². The maximum absolute atomic E-state index is 4.95. The molecule has 0 unspecified atom stereocenters. The molecule has 0 aliphatic carbocycles. The van der Waals surface area contributed by atoms with Gasteiger partial charge in [-0.2, -0.15) is 0 Å². The zero-order valence-electron chi connectivity index (χ0n) is 8.52. The smallest absolute Gasteiger partial charge is 0.0646 e. The molecule has 0 fully saturated rings. The fourth-order valence-electron chi connectivity index (χ4n) is 0.997. The van der Waals surface area contributed by atoms with Crippen molar-refractivity contribution in [2.45, 2.75) is 33.1 Å². The molecular formula is C11H20O. The molecule has 0 N–H and O–H groups in total. The van der Waals surface area contributed by atoms with Crippen molar-refractivity contribution >= 4 is 0 Å². The molecule has 0 aliphatic rings. The highest BCUT2D eigenvalue weighted by molar-refractivity contribution is 4.99. The Morgan fingerprint density at radius 1 is 1.33 bits per heavy atom. The van der Waals surface area contributed by atoms with Gasteiger partial charge in [-0.15, -0.1) is 6.58 Å². The van der Waals surface area contributed by atoms with Crippen molar-refractivity contribution in [3.63, 3.8) is 0 Å². The first-order valence-electron chi connectivity index (χ1n) is 4.45. The van der Waals surface area contributed by atoms with Crippen LogP contribution >= 0.6 is 0 Å². The van der Waals surface area contributed by atoms with Crippen molar-refractivity contribution in [3.05, 3.63) is 23.8 Å². The Morgan fingerprint density at radius 2 is 2.00 bits per heavy atom. The number of hydrogen-bond acceptors (Lipinski definition) is 1. The predicted octanol–water partition coefficient (Wildman–Crippen LogP) is 3.33. The van der Waals surface area contributed by atoms with E-state index < -0.39 is 0 Å². The van der Waals surface area contributed by atoms with Gasteiger partial charge >= 0.3 is 0 Å². The Bertz CT molecular complexity index is 156. The van der Waals surface area contributed by atoms with Crippen LogP contribution in [0.1, 0.15) is 33.1 Å². The Balaban J connectivity index is 3.42. The van der Waals surface area contributed by atoms with Gasteiger partial charge in [-0.25, -0.2) is 0 Å². The molecule has 1 nitrogen and oxygen atoms in total. The van der Waals surface area contributed by atoms with Crippen LogP contribution in [0, 0.1) is 0 Å². The molecule has 0 saturated carbocycles. The molecule has 0 aromatic heterocycles. The second-order valence-corrected chi connectivity index (χ2v) is 3.32. The molecule has 0 bridgehead atoms. The minimum atomic E-state index is 0.735. The number of allylic oxidation sites excluding steroid dienone is 2. The van der Waals surface area contributed by atoms with Crippen molar-refractivity contribution in [1.29, 1.82) is 0 Å². The van der Waals surface area contributed by atoms with Crippen molar-refractivity contribution in [1.82, 2.24) is 0 Å². The van der Waals surface area contributed by atoms with E-state index in [1.165, 1.54) is 17.6 Å². The zero-order chi connectivity index (χ0) is 9.40. The molecule has 1 heteroatoms. The summed E-state index contributed by atoms with van der Waals surface area (Å²) in [6.45, 7) is 8.83. The summed E-state index contributed by atoms with van der Waals surface area (Å²) in [6, 6.07) is 0. The summed E-state index contributed by atoms with van der Waals surface area (Å²) < 4.78 is 4.95. The average Bonchev–Trinajstić information content (AvgIpc) is 2.00. The summed E-state index contributed by atoms with van der Waals surface area (Å²) >= 11 is 0. The molecule has 0 spiro atoms. The first kappa shape index (κ1) is 11.4. The predicted molar refractivity (Wildman–Crippen MR) is 54.3 cm³/mol. The lowest BCUT2D eigenvalue weighted by atomic mass is 10.1. The Kier molecular flexibility index (Phi) is 6.78. The van der Waals surface area contributed by atoms with Gasteiger partial charge in [0.15, 0.2) is 0 Å². The fraction of sp³-hybridized carbons (Fsp3) is 0.636. The molecule has 0 aromatic carbocycles. The second kappa shape index (κ2) is 7.11. The van der Waals surface area contributed by atoms with Crippen LogP contribution in [-0.4, -0.2) is 13.7 Å². The van der Waals surface area contributed by atoms with E-state index in [-0.39, 0.29) is 0 Å². The summed E-state index contributed by atoms with van der Waals surface area (Å²) in [4.78, 5) is 0. The van der Waals surface area contributed by atoms with Gasteiger partial charge in [0.25, 0.3) is 0 Å². The lowest BCUT2D eigenvalue weighted by Gasteiger charge is -2.01. The Hall–Kier alpha value is -0.560. The van der Waals surface area contributed by atoms with Gasteiger partial charge in [-0.3, -0.25) is 0 Å². The van der Waals surface area contributed by atoms with Gasteiger partial charge in [-0.1, -0.05) is 17.2 Å². The van der Waals surface area contributed by atoms with Crippen LogP contribution < -0.4 is 0 Å². The molecule has 12 heavy (non-hydrogen) atoms. The van der Waals surface area contributed by atoms with E-state index in [2.05, 4.69) is 26.5 Å². The highest BCUT2D eigenvalue weighted by Gasteiger charge is 1.91. The van der Waals surface area contributed by atoms with Crippen LogP contribution in [0.5, 0.6) is 0 Å². The molecular weight excluding hydrogens is 148 g/mol. The third-order valence-corrected chi connectivity index (χ3v) is 1.77. The van der Waals surface area contributed by atoms with E-state index in [0.29, 0.717) is 0 Å². The van der Waals surface area contributed by atoms with Crippen LogP contribution in [-0.2, 0) is 4.74 Å². The molecule has 0 amide bonds. The van der Waals surface area contributed by atoms with Gasteiger partial charge in [-0.05, 0) is 33.1 Å². The highest BCUT2D eigenvalue weighted by Crippen LogP contribution is 2.09. The topological polar surface area (TPSA) is 9.23 Å². The minimum Gasteiger partial charge on any atom is -0.381 e. The third kappa shape index (κ3) is 7.55. The monoisotopic (exact) mass is 168 g/mol. The zero-order valence-corrected chi connectivity index (χ0v) is 8.52. The van der Waals surface area contributed by atoms with E-state index >= 15 is 0 Å². The quantitative estimate of drug-likeness (QED) is 0.553. The van der Waals surface area contributed by atoms with Crippen LogP contribution in [0.25, 0.3) is 0 Å². The molecule has 0 heterocycles. The average molecular weight is 168 g/mol. The molecule has 0 aliphatic heterocycles. The number of rotatable bonds is 6. The van der Waals surface area contributed by atoms with Crippen molar-refractivity contribution in [2.75, 3.05) is 13.7 Å². The SMILES string of the molecule is C=C(C)CCCC(C)=CCOC. The molecule has 0 saturated heterocycles. The van der Waals surface area contributed by atoms with E-state index in [0.717, 1.165) is 19.4 Å². The summed E-state index contributed by atoms with van der Waals surface area (Å²) in [7, 11) is 1.72. The summed E-state index contributed by atoms with van der Waals surface area (Å²) in [5.74, 6) is 0. The number of methoxy groups -OCH3 is 1. The standard InChI is InChI=1S/C11H20O/c1-10(2)6-5-7-11(3)8-9-12-4/h8H,1,5-7,9H2,2-4H3. The summed E-state index contributed by atoms with van der Waals surface area (Å²) in [5.41, 5.74) is 2.69. The molecule has 0 rings (SSSR count). The van der Waals surface area contributed by atoms with Gasteiger partial charge in [0.1, 0.15) is 0 Å².